The summed E-state index contributed by atoms with van der Waals surface area (Å²) in [6, 6.07) is -0.0162. The van der Waals surface area contributed by atoms with Crippen molar-refractivity contribution < 1.29 is 14.7 Å². The number of urea groups is 1. The van der Waals surface area contributed by atoms with Crippen LogP contribution in [0, 0.1) is 5.92 Å². The minimum Gasteiger partial charge on any atom is -0.481 e. The molecule has 2 fully saturated rings. The monoisotopic (exact) mass is 268 g/mol. The Morgan fingerprint density at radius 2 is 1.84 bits per heavy atom. The Kier molecular flexibility index (Phi) is 4.66. The fourth-order valence-corrected chi connectivity index (χ4v) is 3.25. The third kappa shape index (κ3) is 3.39. The molecule has 1 heterocycles. The second kappa shape index (κ2) is 6.26. The lowest BCUT2D eigenvalue weighted by atomic mass is 9.95. The van der Waals surface area contributed by atoms with Gasteiger partial charge in [0.1, 0.15) is 0 Å². The predicted molar refractivity (Wildman–Crippen MR) is 71.9 cm³/mol. The van der Waals surface area contributed by atoms with Gasteiger partial charge in [-0.25, -0.2) is 4.79 Å². The summed E-state index contributed by atoms with van der Waals surface area (Å²) in [6.45, 7) is 2.84. The van der Waals surface area contributed by atoms with E-state index in [0.717, 1.165) is 45.1 Å². The third-order valence-corrected chi connectivity index (χ3v) is 4.46. The first-order valence-corrected chi connectivity index (χ1v) is 7.39. The molecule has 2 amide bonds. The van der Waals surface area contributed by atoms with Crippen molar-refractivity contribution in [2.45, 2.75) is 64.0 Å². The Morgan fingerprint density at radius 3 is 2.47 bits per heavy atom. The van der Waals surface area contributed by atoms with E-state index in [1.165, 1.54) is 0 Å². The molecular formula is C14H24N2O3. The number of likely N-dealkylation sites (tertiary alicyclic amines) is 1. The summed E-state index contributed by atoms with van der Waals surface area (Å²) in [5.41, 5.74) is 0. The molecule has 2 N–H and O–H groups in total. The number of carbonyl (C=O) groups is 2. The molecule has 108 valence electrons. The molecule has 19 heavy (non-hydrogen) atoms. The topological polar surface area (TPSA) is 69.6 Å². The van der Waals surface area contributed by atoms with Crippen LogP contribution in [0.5, 0.6) is 0 Å². The first-order chi connectivity index (χ1) is 9.09. The summed E-state index contributed by atoms with van der Waals surface area (Å²) < 4.78 is 0. The predicted octanol–water partition coefficient (Wildman–Crippen LogP) is 2.21. The van der Waals surface area contributed by atoms with Crippen LogP contribution in [-0.4, -0.2) is 40.6 Å². The Bertz CT molecular complexity index is 346. The quantitative estimate of drug-likeness (QED) is 0.754. The van der Waals surface area contributed by atoms with Gasteiger partial charge < -0.3 is 15.3 Å². The van der Waals surface area contributed by atoms with Crippen LogP contribution in [0.1, 0.15) is 51.9 Å². The third-order valence-electron chi connectivity index (χ3n) is 4.46. The molecule has 5 nitrogen and oxygen atoms in total. The van der Waals surface area contributed by atoms with Gasteiger partial charge in [0, 0.05) is 18.6 Å². The Morgan fingerprint density at radius 1 is 1.11 bits per heavy atom. The Labute approximate surface area is 114 Å². The highest BCUT2D eigenvalue weighted by molar-refractivity contribution is 5.77. The summed E-state index contributed by atoms with van der Waals surface area (Å²) in [5.74, 6) is -1.20. The van der Waals surface area contributed by atoms with Gasteiger partial charge in [0.2, 0.25) is 0 Å². The molecular weight excluding hydrogens is 244 g/mol. The summed E-state index contributed by atoms with van der Waals surface area (Å²) >= 11 is 0. The van der Waals surface area contributed by atoms with Gasteiger partial charge in [-0.05, 0) is 32.6 Å². The Balaban J connectivity index is 1.98. The van der Waals surface area contributed by atoms with Crippen molar-refractivity contribution in [3.63, 3.8) is 0 Å². The van der Waals surface area contributed by atoms with Crippen molar-refractivity contribution in [3.05, 3.63) is 0 Å². The molecule has 0 aromatic carbocycles. The zero-order valence-electron chi connectivity index (χ0n) is 11.6. The van der Waals surface area contributed by atoms with Gasteiger partial charge in [-0.1, -0.05) is 19.3 Å². The number of hydrogen-bond donors (Lipinski definition) is 2. The van der Waals surface area contributed by atoms with Crippen LogP contribution < -0.4 is 5.32 Å². The molecule has 1 saturated heterocycles. The number of carboxylic acids is 1. The molecule has 3 atom stereocenters. The lowest BCUT2D eigenvalue weighted by molar-refractivity contribution is -0.142. The first-order valence-electron chi connectivity index (χ1n) is 7.39. The van der Waals surface area contributed by atoms with E-state index < -0.39 is 11.9 Å². The van der Waals surface area contributed by atoms with Gasteiger partial charge in [0.05, 0.1) is 5.92 Å². The molecule has 2 rings (SSSR count). The minimum atomic E-state index is -0.776. The van der Waals surface area contributed by atoms with Crippen molar-refractivity contribution in [2.24, 2.45) is 5.92 Å². The summed E-state index contributed by atoms with van der Waals surface area (Å²) in [5, 5.41) is 12.3. The normalized spacial score (nSPS) is 31.8. The maximum absolute atomic E-state index is 12.2. The van der Waals surface area contributed by atoms with Crippen LogP contribution in [0.15, 0.2) is 0 Å². The van der Waals surface area contributed by atoms with Gasteiger partial charge >= 0.3 is 12.0 Å². The summed E-state index contributed by atoms with van der Waals surface area (Å²) in [6.07, 6.45) is 6.56. The Hall–Kier alpha value is -1.26. The number of nitrogens with zero attached hydrogens (tertiary/aromatic N) is 1. The van der Waals surface area contributed by atoms with E-state index in [1.54, 1.807) is 0 Å². The number of rotatable bonds is 2. The van der Waals surface area contributed by atoms with Crippen LogP contribution in [0.25, 0.3) is 0 Å². The molecule has 0 radical (unpaired) electrons. The molecule has 1 aliphatic carbocycles. The van der Waals surface area contributed by atoms with Gasteiger partial charge in [-0.2, -0.15) is 0 Å². The van der Waals surface area contributed by atoms with E-state index in [1.807, 2.05) is 11.8 Å². The molecule has 5 heteroatoms. The van der Waals surface area contributed by atoms with E-state index in [4.69, 9.17) is 0 Å². The highest BCUT2D eigenvalue weighted by Gasteiger charge is 2.33. The summed E-state index contributed by atoms with van der Waals surface area (Å²) in [4.78, 5) is 25.4. The number of carbonyl (C=O) groups excluding carboxylic acids is 1. The molecule has 0 aromatic rings. The van der Waals surface area contributed by atoms with Crippen LogP contribution in [0.3, 0.4) is 0 Å². The SMILES string of the molecule is CC1CCCN1C(=O)NC1CCCCCC1C(=O)O. The minimum absolute atomic E-state index is 0.0804. The lowest BCUT2D eigenvalue weighted by Gasteiger charge is -2.28. The van der Waals surface area contributed by atoms with Crippen LogP contribution >= 0.6 is 0 Å². The standard InChI is InChI=1S/C14H24N2O3/c1-10-6-5-9-16(10)14(19)15-12-8-4-2-3-7-11(12)13(17)18/h10-12H,2-9H2,1H3,(H,15,19)(H,17,18). The van der Waals surface area contributed by atoms with Crippen LogP contribution in [-0.2, 0) is 4.79 Å². The molecule has 0 bridgehead atoms. The zero-order chi connectivity index (χ0) is 13.8. The number of amides is 2. The van der Waals surface area contributed by atoms with E-state index in [0.29, 0.717) is 6.42 Å². The molecule has 1 aliphatic heterocycles. The number of aliphatic carboxylic acids is 1. The lowest BCUT2D eigenvalue weighted by Crippen LogP contribution is -2.49. The fourth-order valence-electron chi connectivity index (χ4n) is 3.25. The fraction of sp³-hybridized carbons (Fsp3) is 0.857. The second-order valence-corrected chi connectivity index (χ2v) is 5.82. The van der Waals surface area contributed by atoms with Gasteiger partial charge in [-0.15, -0.1) is 0 Å². The maximum Gasteiger partial charge on any atom is 0.317 e. The van der Waals surface area contributed by atoms with Crippen molar-refractivity contribution in [3.8, 4) is 0 Å². The van der Waals surface area contributed by atoms with Crippen molar-refractivity contribution in [2.75, 3.05) is 6.54 Å². The van der Waals surface area contributed by atoms with Crippen molar-refractivity contribution in [1.82, 2.24) is 10.2 Å². The smallest absolute Gasteiger partial charge is 0.317 e. The van der Waals surface area contributed by atoms with E-state index in [2.05, 4.69) is 5.32 Å². The molecule has 0 aromatic heterocycles. The number of carboxylic acid groups (broad SMARTS) is 1. The zero-order valence-corrected chi connectivity index (χ0v) is 11.6. The highest BCUT2D eigenvalue weighted by Crippen LogP contribution is 2.25. The molecule has 0 spiro atoms. The molecule has 3 unspecified atom stereocenters. The first kappa shape index (κ1) is 14.2. The van der Waals surface area contributed by atoms with Gasteiger partial charge in [0.25, 0.3) is 0 Å². The van der Waals surface area contributed by atoms with Crippen LogP contribution in [0.4, 0.5) is 4.79 Å². The van der Waals surface area contributed by atoms with E-state index in [9.17, 15) is 14.7 Å². The van der Waals surface area contributed by atoms with Gasteiger partial charge in [-0.3, -0.25) is 4.79 Å². The van der Waals surface area contributed by atoms with Crippen molar-refractivity contribution in [1.29, 1.82) is 0 Å². The molecule has 2 aliphatic rings. The average Bonchev–Trinajstić information content (AvgIpc) is 2.65. The van der Waals surface area contributed by atoms with E-state index in [-0.39, 0.29) is 18.1 Å². The maximum atomic E-state index is 12.2. The average molecular weight is 268 g/mol. The largest absolute Gasteiger partial charge is 0.481 e. The number of hydrogen-bond acceptors (Lipinski definition) is 2. The highest BCUT2D eigenvalue weighted by atomic mass is 16.4. The van der Waals surface area contributed by atoms with E-state index >= 15 is 0 Å². The second-order valence-electron chi connectivity index (χ2n) is 5.82. The van der Waals surface area contributed by atoms with Crippen molar-refractivity contribution >= 4 is 12.0 Å². The molecule has 1 saturated carbocycles. The van der Waals surface area contributed by atoms with Crippen LogP contribution in [0.2, 0.25) is 0 Å². The van der Waals surface area contributed by atoms with Gasteiger partial charge in [0.15, 0.2) is 0 Å². The number of nitrogens with one attached hydrogen (secondary N) is 1. The summed E-state index contributed by atoms with van der Waals surface area (Å²) in [7, 11) is 0.